The molecule has 0 aliphatic rings. The summed E-state index contributed by atoms with van der Waals surface area (Å²) in [4.78, 5) is 11.0. The van der Waals surface area contributed by atoms with Crippen LogP contribution in [-0.2, 0) is 17.8 Å². The summed E-state index contributed by atoms with van der Waals surface area (Å²) >= 11 is 0. The average molecular weight is 274 g/mol. The maximum atomic E-state index is 13.2. The Bertz CT molecular complexity index is 609. The Labute approximate surface area is 116 Å². The molecular formula is C15H15FN2O2. The Morgan fingerprint density at radius 3 is 2.70 bits per heavy atom. The minimum absolute atomic E-state index is 0.118. The van der Waals surface area contributed by atoms with Gasteiger partial charge in [-0.2, -0.15) is 0 Å². The van der Waals surface area contributed by atoms with Crippen LogP contribution in [0.5, 0.6) is 5.75 Å². The Morgan fingerprint density at radius 1 is 1.25 bits per heavy atom. The third-order valence-corrected chi connectivity index (χ3v) is 2.81. The van der Waals surface area contributed by atoms with Gasteiger partial charge < -0.3 is 16.2 Å². The standard InChI is InChI=1S/C15H15FN2O2/c16-12-5-10(6-13(19)8-12)9-18-14-4-2-1-3-11(14)7-15(17)20/h1-6,8,18-19H,7,9H2,(H2,17,20). The van der Waals surface area contributed by atoms with E-state index in [9.17, 15) is 14.3 Å². The van der Waals surface area contributed by atoms with Crippen LogP contribution in [0.15, 0.2) is 42.5 Å². The summed E-state index contributed by atoms with van der Waals surface area (Å²) < 4.78 is 13.2. The Balaban J connectivity index is 2.12. The summed E-state index contributed by atoms with van der Waals surface area (Å²) in [5.41, 5.74) is 7.34. The van der Waals surface area contributed by atoms with Crippen molar-refractivity contribution in [3.63, 3.8) is 0 Å². The van der Waals surface area contributed by atoms with Crippen molar-refractivity contribution in [1.29, 1.82) is 0 Å². The van der Waals surface area contributed by atoms with E-state index in [-0.39, 0.29) is 12.2 Å². The fourth-order valence-electron chi connectivity index (χ4n) is 1.97. The zero-order chi connectivity index (χ0) is 14.5. The number of nitrogens with two attached hydrogens (primary N) is 1. The number of phenols is 1. The van der Waals surface area contributed by atoms with E-state index in [1.54, 1.807) is 6.07 Å². The molecule has 0 aromatic heterocycles. The number of nitrogens with one attached hydrogen (secondary N) is 1. The number of anilines is 1. The molecule has 2 aromatic carbocycles. The zero-order valence-electron chi connectivity index (χ0n) is 10.8. The molecule has 0 saturated heterocycles. The monoisotopic (exact) mass is 274 g/mol. The normalized spacial score (nSPS) is 10.2. The molecule has 0 radical (unpaired) electrons. The maximum absolute atomic E-state index is 13.2. The second-order valence-corrected chi connectivity index (χ2v) is 4.47. The van der Waals surface area contributed by atoms with Gasteiger partial charge in [-0.25, -0.2) is 4.39 Å². The van der Waals surface area contributed by atoms with Crippen molar-refractivity contribution in [1.82, 2.24) is 0 Å². The van der Waals surface area contributed by atoms with Gasteiger partial charge in [0, 0.05) is 18.3 Å². The second-order valence-electron chi connectivity index (χ2n) is 4.47. The van der Waals surface area contributed by atoms with Crippen molar-refractivity contribution >= 4 is 11.6 Å². The molecule has 0 heterocycles. The highest BCUT2D eigenvalue weighted by Gasteiger charge is 2.05. The molecule has 0 saturated carbocycles. The summed E-state index contributed by atoms with van der Waals surface area (Å²) in [7, 11) is 0. The molecular weight excluding hydrogens is 259 g/mol. The third kappa shape index (κ3) is 3.71. The van der Waals surface area contributed by atoms with Crippen LogP contribution in [0.1, 0.15) is 11.1 Å². The number of hydrogen-bond donors (Lipinski definition) is 3. The molecule has 0 unspecified atom stereocenters. The van der Waals surface area contributed by atoms with Crippen LogP contribution in [0.2, 0.25) is 0 Å². The lowest BCUT2D eigenvalue weighted by atomic mass is 10.1. The van der Waals surface area contributed by atoms with Crippen molar-refractivity contribution in [2.75, 3.05) is 5.32 Å². The van der Waals surface area contributed by atoms with Crippen LogP contribution < -0.4 is 11.1 Å². The van der Waals surface area contributed by atoms with Gasteiger partial charge in [0.25, 0.3) is 0 Å². The predicted octanol–water partition coefficient (Wildman–Crippen LogP) is 2.17. The topological polar surface area (TPSA) is 75.4 Å². The molecule has 0 bridgehead atoms. The van der Waals surface area contributed by atoms with Crippen molar-refractivity contribution in [3.8, 4) is 5.75 Å². The Morgan fingerprint density at radius 2 is 2.00 bits per heavy atom. The van der Waals surface area contributed by atoms with Crippen molar-refractivity contribution < 1.29 is 14.3 Å². The van der Waals surface area contributed by atoms with Crippen LogP contribution in [0.4, 0.5) is 10.1 Å². The quantitative estimate of drug-likeness (QED) is 0.782. The fourth-order valence-corrected chi connectivity index (χ4v) is 1.97. The molecule has 2 aromatic rings. The fraction of sp³-hybridized carbons (Fsp3) is 0.133. The van der Waals surface area contributed by atoms with Crippen LogP contribution in [-0.4, -0.2) is 11.0 Å². The first-order chi connectivity index (χ1) is 9.54. The van der Waals surface area contributed by atoms with Crippen LogP contribution in [0, 0.1) is 5.82 Å². The van der Waals surface area contributed by atoms with Gasteiger partial charge in [-0.15, -0.1) is 0 Å². The third-order valence-electron chi connectivity index (χ3n) is 2.81. The summed E-state index contributed by atoms with van der Waals surface area (Å²) in [6, 6.07) is 11.1. The first kappa shape index (κ1) is 13.9. The van der Waals surface area contributed by atoms with Gasteiger partial charge in [-0.05, 0) is 29.3 Å². The van der Waals surface area contributed by atoms with E-state index in [4.69, 9.17) is 5.73 Å². The molecule has 1 amide bonds. The molecule has 0 aliphatic heterocycles. The summed E-state index contributed by atoms with van der Waals surface area (Å²) in [5, 5.41) is 12.4. The number of aromatic hydroxyl groups is 1. The van der Waals surface area contributed by atoms with Gasteiger partial charge in [-0.1, -0.05) is 18.2 Å². The first-order valence-corrected chi connectivity index (χ1v) is 6.13. The zero-order valence-corrected chi connectivity index (χ0v) is 10.8. The molecule has 4 nitrogen and oxygen atoms in total. The lowest BCUT2D eigenvalue weighted by molar-refractivity contribution is -0.117. The SMILES string of the molecule is NC(=O)Cc1ccccc1NCc1cc(O)cc(F)c1. The van der Waals surface area contributed by atoms with Gasteiger partial charge in [-0.3, -0.25) is 4.79 Å². The molecule has 2 rings (SSSR count). The summed E-state index contributed by atoms with van der Waals surface area (Å²) in [6.45, 7) is 0.334. The van der Waals surface area contributed by atoms with Gasteiger partial charge in [0.2, 0.25) is 5.91 Å². The molecule has 0 aliphatic carbocycles. The van der Waals surface area contributed by atoms with E-state index in [2.05, 4.69) is 5.32 Å². The molecule has 5 heteroatoms. The highest BCUT2D eigenvalue weighted by molar-refractivity contribution is 5.78. The number of carbonyl (C=O) groups is 1. The molecule has 104 valence electrons. The number of benzene rings is 2. The molecule has 4 N–H and O–H groups in total. The van der Waals surface area contributed by atoms with E-state index >= 15 is 0 Å². The van der Waals surface area contributed by atoms with Gasteiger partial charge >= 0.3 is 0 Å². The number of primary amides is 1. The number of rotatable bonds is 5. The van der Waals surface area contributed by atoms with E-state index in [1.807, 2.05) is 18.2 Å². The van der Waals surface area contributed by atoms with Gasteiger partial charge in [0.1, 0.15) is 11.6 Å². The second kappa shape index (κ2) is 6.06. The van der Waals surface area contributed by atoms with Crippen LogP contribution in [0.3, 0.4) is 0 Å². The lowest BCUT2D eigenvalue weighted by Gasteiger charge is -2.11. The smallest absolute Gasteiger partial charge is 0.221 e. The number of para-hydroxylation sites is 1. The number of phenolic OH excluding ortho intramolecular Hbond substituents is 1. The molecule has 0 spiro atoms. The van der Waals surface area contributed by atoms with E-state index in [0.717, 1.165) is 17.3 Å². The van der Waals surface area contributed by atoms with Crippen molar-refractivity contribution in [2.24, 2.45) is 5.73 Å². The predicted molar refractivity (Wildman–Crippen MR) is 74.7 cm³/mol. The Kier molecular flexibility index (Phi) is 4.20. The lowest BCUT2D eigenvalue weighted by Crippen LogP contribution is -2.15. The van der Waals surface area contributed by atoms with Crippen molar-refractivity contribution in [3.05, 3.63) is 59.4 Å². The minimum Gasteiger partial charge on any atom is -0.508 e. The van der Waals surface area contributed by atoms with E-state index in [1.165, 1.54) is 12.1 Å². The number of hydrogen-bond acceptors (Lipinski definition) is 3. The number of halogens is 1. The molecule has 0 atom stereocenters. The van der Waals surface area contributed by atoms with E-state index in [0.29, 0.717) is 12.1 Å². The maximum Gasteiger partial charge on any atom is 0.221 e. The Hall–Kier alpha value is -2.56. The summed E-state index contributed by atoms with van der Waals surface area (Å²) in [5.74, 6) is -1.03. The molecule has 20 heavy (non-hydrogen) atoms. The average Bonchev–Trinajstić information content (AvgIpc) is 2.36. The number of amides is 1. The highest BCUT2D eigenvalue weighted by Crippen LogP contribution is 2.19. The van der Waals surface area contributed by atoms with Crippen LogP contribution in [0.25, 0.3) is 0 Å². The minimum atomic E-state index is -0.493. The van der Waals surface area contributed by atoms with Gasteiger partial charge in [0.05, 0.1) is 6.42 Å². The largest absolute Gasteiger partial charge is 0.508 e. The van der Waals surface area contributed by atoms with Gasteiger partial charge in [0.15, 0.2) is 0 Å². The number of carbonyl (C=O) groups excluding carboxylic acids is 1. The highest BCUT2D eigenvalue weighted by atomic mass is 19.1. The van der Waals surface area contributed by atoms with Crippen molar-refractivity contribution in [2.45, 2.75) is 13.0 Å². The summed E-state index contributed by atoms with van der Waals surface area (Å²) in [6.07, 6.45) is 0.136. The first-order valence-electron chi connectivity index (χ1n) is 6.13. The van der Waals surface area contributed by atoms with Crippen LogP contribution >= 0.6 is 0 Å². The molecule has 0 fully saturated rings. The van der Waals surface area contributed by atoms with E-state index < -0.39 is 11.7 Å².